The summed E-state index contributed by atoms with van der Waals surface area (Å²) in [5, 5.41) is 4.70. The number of rotatable bonds is 11. The molecule has 0 bridgehead atoms. The Hall–Kier alpha value is -11.7. The van der Waals surface area contributed by atoms with Crippen LogP contribution in [0.2, 0.25) is 0 Å². The third-order valence-corrected chi connectivity index (χ3v) is 16.2. The van der Waals surface area contributed by atoms with Crippen LogP contribution in [0.1, 0.15) is 0 Å². The van der Waals surface area contributed by atoms with Crippen LogP contribution in [-0.4, -0.2) is 39.0 Å². The molecular weight excluding hydrogens is 1050 g/mol. The van der Waals surface area contributed by atoms with Crippen LogP contribution in [0.25, 0.3) is 157 Å². The molecule has 12 aromatic carbocycles. The van der Waals surface area contributed by atoms with E-state index in [4.69, 9.17) is 29.9 Å². The quantitative estimate of drug-likeness (QED) is 0.128. The van der Waals surface area contributed by atoms with Gasteiger partial charge >= 0.3 is 0 Å². The number of para-hydroxylation sites is 4. The van der Waals surface area contributed by atoms with E-state index in [0.717, 1.165) is 100 Å². The van der Waals surface area contributed by atoms with E-state index in [1.54, 1.807) is 0 Å². The summed E-state index contributed by atoms with van der Waals surface area (Å²) >= 11 is 0. The minimum absolute atomic E-state index is 0.568. The van der Waals surface area contributed by atoms with Gasteiger partial charge in [0.1, 0.15) is 0 Å². The van der Waals surface area contributed by atoms with Crippen molar-refractivity contribution in [1.29, 1.82) is 0 Å². The summed E-state index contributed by atoms with van der Waals surface area (Å²) in [5.74, 6) is 3.52. The van der Waals surface area contributed by atoms with Gasteiger partial charge < -0.3 is 9.13 Å². The molecule has 0 spiro atoms. The Kier molecular flexibility index (Phi) is 12.3. The lowest BCUT2D eigenvalue weighted by atomic mass is 9.88. The second-order valence-corrected chi connectivity index (χ2v) is 21.4. The fourth-order valence-corrected chi connectivity index (χ4v) is 12.3. The highest BCUT2D eigenvalue weighted by molar-refractivity contribution is 6.11. The summed E-state index contributed by atoms with van der Waals surface area (Å²) in [6.07, 6.45) is 0. The molecule has 0 N–H and O–H groups in total. The van der Waals surface area contributed by atoms with Gasteiger partial charge in [-0.05, 0) is 94.0 Å². The molecule has 402 valence electrons. The molecule has 0 aliphatic rings. The van der Waals surface area contributed by atoms with Crippen molar-refractivity contribution in [3.8, 4) is 113 Å². The van der Waals surface area contributed by atoms with E-state index >= 15 is 0 Å². The molecule has 0 atom stereocenters. The van der Waals surface area contributed by atoms with E-state index in [1.165, 1.54) is 21.5 Å². The third-order valence-electron chi connectivity index (χ3n) is 16.2. The highest BCUT2D eigenvalue weighted by Crippen LogP contribution is 2.44. The summed E-state index contributed by atoms with van der Waals surface area (Å²) in [7, 11) is 0. The van der Waals surface area contributed by atoms with Gasteiger partial charge in [-0.2, -0.15) is 0 Å². The lowest BCUT2D eigenvalue weighted by Crippen LogP contribution is -2.02. The highest BCUT2D eigenvalue weighted by Gasteiger charge is 2.23. The van der Waals surface area contributed by atoms with Crippen LogP contribution in [0.5, 0.6) is 0 Å². The Morgan fingerprint density at radius 3 is 0.686 bits per heavy atom. The van der Waals surface area contributed by atoms with Gasteiger partial charge in [-0.3, -0.25) is 0 Å². The molecule has 16 rings (SSSR count). The first-order valence-electron chi connectivity index (χ1n) is 28.8. The smallest absolute Gasteiger partial charge is 0.164 e. The van der Waals surface area contributed by atoms with Crippen molar-refractivity contribution in [1.82, 2.24) is 39.0 Å². The second-order valence-electron chi connectivity index (χ2n) is 21.4. The second kappa shape index (κ2) is 21.2. The lowest BCUT2D eigenvalue weighted by Gasteiger charge is -2.19. The average molecular weight is 1100 g/mol. The zero-order chi connectivity index (χ0) is 56.9. The number of nitrogens with zero attached hydrogens (tertiary/aromatic N) is 8. The lowest BCUT2D eigenvalue weighted by molar-refractivity contribution is 1.07. The Labute approximate surface area is 496 Å². The molecule has 0 aliphatic heterocycles. The Morgan fingerprint density at radius 2 is 0.395 bits per heavy atom. The summed E-state index contributed by atoms with van der Waals surface area (Å²) in [5.41, 5.74) is 17.9. The van der Waals surface area contributed by atoms with Gasteiger partial charge in [0.15, 0.2) is 34.9 Å². The first-order chi connectivity index (χ1) is 42.6. The number of hydrogen-bond donors (Lipinski definition) is 0. The minimum Gasteiger partial charge on any atom is -0.309 e. The van der Waals surface area contributed by atoms with Gasteiger partial charge in [-0.25, -0.2) is 29.9 Å². The molecule has 8 nitrogen and oxygen atoms in total. The molecule has 4 aromatic heterocycles. The molecule has 0 fully saturated rings. The zero-order valence-electron chi connectivity index (χ0n) is 46.4. The number of benzene rings is 12. The molecule has 8 heteroatoms. The summed E-state index contributed by atoms with van der Waals surface area (Å²) in [6, 6.07) is 106. The number of aromatic nitrogens is 8. The monoisotopic (exact) mass is 1100 g/mol. The van der Waals surface area contributed by atoms with Crippen molar-refractivity contribution in [2.75, 3.05) is 0 Å². The first kappa shape index (κ1) is 50.0. The molecule has 0 saturated carbocycles. The van der Waals surface area contributed by atoms with E-state index < -0.39 is 0 Å². The Bertz CT molecular complexity index is 4680. The van der Waals surface area contributed by atoms with Crippen LogP contribution < -0.4 is 0 Å². The standard InChI is InChI=1S/C78H50N8/c1-5-25-51(26-6-1)73-79-74(52-27-7-2-8-28-52)82-77(81-73)57-45-55(47-59(49-57)85-69-41-21-17-37-65(69)66-38-18-22-42-70(66)85)61-33-13-15-35-63(61)64-36-16-14-34-62(64)56-46-58(50-60(48-56)86-71-43-23-19-39-67(71)68-40-20-24-44-72(68)86)78-83-75(53-29-9-3-10-30-53)80-76(84-78)54-31-11-4-12-32-54/h1-50H. The van der Waals surface area contributed by atoms with Gasteiger partial charge in [0.2, 0.25) is 0 Å². The van der Waals surface area contributed by atoms with Crippen molar-refractivity contribution in [2.45, 2.75) is 0 Å². The van der Waals surface area contributed by atoms with Crippen molar-refractivity contribution in [3.05, 3.63) is 303 Å². The molecule has 0 amide bonds. The van der Waals surface area contributed by atoms with E-state index in [9.17, 15) is 0 Å². The average Bonchev–Trinajstić information content (AvgIpc) is 1.83. The van der Waals surface area contributed by atoms with E-state index in [0.29, 0.717) is 34.9 Å². The van der Waals surface area contributed by atoms with Crippen LogP contribution in [0.15, 0.2) is 303 Å². The number of fused-ring (bicyclic) bond motifs is 6. The van der Waals surface area contributed by atoms with Crippen molar-refractivity contribution >= 4 is 43.6 Å². The fraction of sp³-hybridized carbons (Fsp3) is 0. The van der Waals surface area contributed by atoms with Crippen LogP contribution in [-0.2, 0) is 0 Å². The van der Waals surface area contributed by atoms with Gasteiger partial charge in [-0.1, -0.05) is 243 Å². The van der Waals surface area contributed by atoms with Crippen LogP contribution in [0.4, 0.5) is 0 Å². The molecule has 4 heterocycles. The predicted molar refractivity (Wildman–Crippen MR) is 351 cm³/mol. The van der Waals surface area contributed by atoms with Crippen molar-refractivity contribution in [3.63, 3.8) is 0 Å². The fourth-order valence-electron chi connectivity index (χ4n) is 12.3. The third kappa shape index (κ3) is 8.97. The molecule has 16 aromatic rings. The highest BCUT2D eigenvalue weighted by atomic mass is 15.1. The predicted octanol–water partition coefficient (Wildman–Crippen LogP) is 19.3. The van der Waals surface area contributed by atoms with E-state index in [1.807, 2.05) is 72.8 Å². The van der Waals surface area contributed by atoms with E-state index in [2.05, 4.69) is 240 Å². The molecule has 0 aliphatic carbocycles. The zero-order valence-corrected chi connectivity index (χ0v) is 46.4. The van der Waals surface area contributed by atoms with Crippen LogP contribution in [0.3, 0.4) is 0 Å². The molecule has 0 radical (unpaired) electrons. The Balaban J connectivity index is 0.934. The molecule has 0 unspecified atom stereocenters. The molecule has 0 saturated heterocycles. The topological polar surface area (TPSA) is 87.2 Å². The van der Waals surface area contributed by atoms with Crippen LogP contribution in [0, 0.1) is 0 Å². The maximum atomic E-state index is 5.31. The number of hydrogen-bond acceptors (Lipinski definition) is 6. The van der Waals surface area contributed by atoms with Gasteiger partial charge in [0, 0.05) is 66.3 Å². The normalized spacial score (nSPS) is 11.5. The summed E-state index contributed by atoms with van der Waals surface area (Å²) in [6.45, 7) is 0. The Morgan fingerprint density at radius 1 is 0.174 bits per heavy atom. The van der Waals surface area contributed by atoms with Crippen molar-refractivity contribution in [2.24, 2.45) is 0 Å². The molecular formula is C78H50N8. The van der Waals surface area contributed by atoms with Crippen LogP contribution >= 0.6 is 0 Å². The SMILES string of the molecule is c1ccc(-c2nc(-c3ccccc3)nc(-c3cc(-c4ccccc4-c4ccccc4-c4cc(-c5nc(-c6ccccc6)nc(-c6ccccc6)n5)cc(-n5c6ccccc6c6ccccc65)c4)cc(-n4c5ccccc5c5ccccc54)c3)n2)cc1. The summed E-state index contributed by atoms with van der Waals surface area (Å²) in [4.78, 5) is 31.5. The van der Waals surface area contributed by atoms with Gasteiger partial charge in [0.05, 0.1) is 22.1 Å². The largest absolute Gasteiger partial charge is 0.309 e. The minimum atomic E-state index is 0.568. The summed E-state index contributed by atoms with van der Waals surface area (Å²) < 4.78 is 4.75. The molecule has 86 heavy (non-hydrogen) atoms. The van der Waals surface area contributed by atoms with E-state index in [-0.39, 0.29) is 0 Å². The van der Waals surface area contributed by atoms with Gasteiger partial charge in [0.25, 0.3) is 0 Å². The van der Waals surface area contributed by atoms with Gasteiger partial charge in [-0.15, -0.1) is 0 Å². The maximum absolute atomic E-state index is 5.31. The van der Waals surface area contributed by atoms with Crippen molar-refractivity contribution < 1.29 is 0 Å². The first-order valence-corrected chi connectivity index (χ1v) is 28.8. The maximum Gasteiger partial charge on any atom is 0.164 e.